The molecule has 2 aromatic rings. The minimum absolute atomic E-state index is 0.0662. The largest absolute Gasteiger partial charge is 0.391 e. The fourth-order valence-corrected chi connectivity index (χ4v) is 3.45. The second-order valence-electron chi connectivity index (χ2n) is 7.54. The van der Waals surface area contributed by atoms with Crippen LogP contribution in [0.3, 0.4) is 0 Å². The van der Waals surface area contributed by atoms with E-state index in [1.54, 1.807) is 23.9 Å². The van der Waals surface area contributed by atoms with E-state index in [-0.39, 0.29) is 23.6 Å². The zero-order valence-electron chi connectivity index (χ0n) is 17.0. The quantitative estimate of drug-likeness (QED) is 0.512. The maximum absolute atomic E-state index is 13.0. The Bertz CT molecular complexity index is 882. The highest BCUT2D eigenvalue weighted by molar-refractivity contribution is 7.98. The number of aliphatic hydroxyl groups is 1. The molecule has 0 unspecified atom stereocenters. The van der Waals surface area contributed by atoms with Crippen LogP contribution in [0.2, 0.25) is 0 Å². The van der Waals surface area contributed by atoms with Crippen molar-refractivity contribution in [3.63, 3.8) is 0 Å². The highest BCUT2D eigenvalue weighted by Gasteiger charge is 2.27. The number of hydrogen-bond donors (Lipinski definition) is 3. The number of halogens is 1. The first-order valence-corrected chi connectivity index (χ1v) is 10.9. The van der Waals surface area contributed by atoms with E-state index in [1.165, 1.54) is 12.1 Å². The Labute approximate surface area is 174 Å². The molecule has 2 rings (SSSR count). The minimum Gasteiger partial charge on any atom is -0.391 e. The standard InChI is InChI=1S/C21H28FN3O3S/c1-21(2,10-4-5-11-29-3)20-24-17(16(13-26)18(27)25-20)19(28)23-12-14-6-8-15(22)9-7-14/h6-9,26H,4-5,10-13H2,1-3H3,(H,23,28)(H,24,25,27). The molecular weight excluding hydrogens is 393 g/mol. The first-order valence-electron chi connectivity index (χ1n) is 9.54. The third kappa shape index (κ3) is 6.40. The Balaban J connectivity index is 2.21. The van der Waals surface area contributed by atoms with Crippen molar-refractivity contribution in [2.75, 3.05) is 12.0 Å². The molecule has 29 heavy (non-hydrogen) atoms. The summed E-state index contributed by atoms with van der Waals surface area (Å²) in [6.45, 7) is 3.52. The number of unbranched alkanes of at least 4 members (excludes halogenated alkanes) is 1. The summed E-state index contributed by atoms with van der Waals surface area (Å²) in [5.74, 6) is 0.587. The topological polar surface area (TPSA) is 95.1 Å². The van der Waals surface area contributed by atoms with Crippen molar-refractivity contribution in [3.8, 4) is 0 Å². The molecule has 158 valence electrons. The van der Waals surface area contributed by atoms with Crippen LogP contribution in [0.25, 0.3) is 0 Å². The highest BCUT2D eigenvalue weighted by atomic mass is 32.2. The van der Waals surface area contributed by atoms with Crippen LogP contribution in [0.15, 0.2) is 29.1 Å². The number of nitrogens with zero attached hydrogens (tertiary/aromatic N) is 1. The molecule has 0 radical (unpaired) electrons. The average Bonchev–Trinajstić information content (AvgIpc) is 2.70. The molecule has 0 aliphatic rings. The SMILES string of the molecule is CSCCCCC(C)(C)c1nc(C(=O)NCc2ccc(F)cc2)c(CO)c(=O)[nH]1. The number of rotatable bonds is 10. The maximum atomic E-state index is 13.0. The number of aromatic amines is 1. The van der Waals surface area contributed by atoms with Crippen LogP contribution in [0, 0.1) is 5.82 Å². The van der Waals surface area contributed by atoms with Crippen LogP contribution in [-0.4, -0.2) is 33.0 Å². The van der Waals surface area contributed by atoms with Gasteiger partial charge in [-0.25, -0.2) is 9.37 Å². The molecule has 0 aliphatic carbocycles. The molecule has 3 N–H and O–H groups in total. The first kappa shape index (κ1) is 23.1. The zero-order valence-corrected chi connectivity index (χ0v) is 17.9. The van der Waals surface area contributed by atoms with Crippen LogP contribution < -0.4 is 10.9 Å². The van der Waals surface area contributed by atoms with Crippen LogP contribution in [0.5, 0.6) is 0 Å². The number of hydrogen-bond acceptors (Lipinski definition) is 5. The molecule has 0 saturated carbocycles. The maximum Gasteiger partial charge on any atom is 0.270 e. The smallest absolute Gasteiger partial charge is 0.270 e. The molecular formula is C21H28FN3O3S. The second-order valence-corrected chi connectivity index (χ2v) is 8.53. The molecule has 0 aliphatic heterocycles. The second kappa shape index (κ2) is 10.5. The van der Waals surface area contributed by atoms with E-state index in [0.717, 1.165) is 25.0 Å². The van der Waals surface area contributed by atoms with E-state index in [4.69, 9.17) is 0 Å². The fourth-order valence-electron chi connectivity index (χ4n) is 2.95. The first-order chi connectivity index (χ1) is 13.8. The molecule has 0 fully saturated rings. The van der Waals surface area contributed by atoms with Crippen molar-refractivity contribution in [2.45, 2.75) is 51.7 Å². The van der Waals surface area contributed by atoms with Gasteiger partial charge in [-0.05, 0) is 42.5 Å². The van der Waals surface area contributed by atoms with E-state index in [0.29, 0.717) is 11.4 Å². The van der Waals surface area contributed by atoms with Gasteiger partial charge in [0.2, 0.25) is 0 Å². The van der Waals surface area contributed by atoms with Gasteiger partial charge >= 0.3 is 0 Å². The lowest BCUT2D eigenvalue weighted by atomic mass is 9.86. The van der Waals surface area contributed by atoms with Gasteiger partial charge in [0.25, 0.3) is 11.5 Å². The van der Waals surface area contributed by atoms with E-state index < -0.39 is 23.5 Å². The summed E-state index contributed by atoms with van der Waals surface area (Å²) in [6, 6.07) is 5.75. The van der Waals surface area contributed by atoms with Crippen molar-refractivity contribution >= 4 is 17.7 Å². The molecule has 1 amide bonds. The van der Waals surface area contributed by atoms with Gasteiger partial charge in [0, 0.05) is 12.0 Å². The normalized spacial score (nSPS) is 11.5. The predicted octanol–water partition coefficient (Wildman–Crippen LogP) is 3.14. The number of thioether (sulfide) groups is 1. The molecule has 1 heterocycles. The molecule has 6 nitrogen and oxygen atoms in total. The molecule has 1 aromatic heterocycles. The molecule has 0 saturated heterocycles. The Morgan fingerprint density at radius 1 is 1.28 bits per heavy atom. The third-order valence-electron chi connectivity index (χ3n) is 4.80. The van der Waals surface area contributed by atoms with Crippen molar-refractivity contribution in [1.82, 2.24) is 15.3 Å². The minimum atomic E-state index is -0.587. The summed E-state index contributed by atoms with van der Waals surface area (Å²) in [5, 5.41) is 12.3. The summed E-state index contributed by atoms with van der Waals surface area (Å²) < 4.78 is 13.0. The third-order valence-corrected chi connectivity index (χ3v) is 5.49. The lowest BCUT2D eigenvalue weighted by Gasteiger charge is -2.24. The number of aromatic nitrogens is 2. The summed E-state index contributed by atoms with van der Waals surface area (Å²) in [5.41, 5.74) is -0.363. The summed E-state index contributed by atoms with van der Waals surface area (Å²) in [6.07, 6.45) is 4.92. The van der Waals surface area contributed by atoms with E-state index in [9.17, 15) is 19.1 Å². The Morgan fingerprint density at radius 2 is 1.97 bits per heavy atom. The predicted molar refractivity (Wildman–Crippen MR) is 114 cm³/mol. The van der Waals surface area contributed by atoms with Gasteiger partial charge in [-0.2, -0.15) is 11.8 Å². The van der Waals surface area contributed by atoms with Crippen molar-refractivity contribution < 1.29 is 14.3 Å². The highest BCUT2D eigenvalue weighted by Crippen LogP contribution is 2.26. The molecule has 0 spiro atoms. The Kier molecular flexibility index (Phi) is 8.40. The van der Waals surface area contributed by atoms with Crippen LogP contribution in [0.4, 0.5) is 4.39 Å². The van der Waals surface area contributed by atoms with Gasteiger partial charge in [0.1, 0.15) is 17.3 Å². The Hall–Kier alpha value is -2.19. The summed E-state index contributed by atoms with van der Waals surface area (Å²) in [7, 11) is 0. The number of amides is 1. The summed E-state index contributed by atoms with van der Waals surface area (Å²) >= 11 is 1.79. The van der Waals surface area contributed by atoms with Crippen molar-refractivity contribution in [2.24, 2.45) is 0 Å². The van der Waals surface area contributed by atoms with Crippen LogP contribution in [-0.2, 0) is 18.6 Å². The van der Waals surface area contributed by atoms with Gasteiger partial charge in [0.15, 0.2) is 0 Å². The van der Waals surface area contributed by atoms with Gasteiger partial charge in [0.05, 0.1) is 12.2 Å². The Morgan fingerprint density at radius 3 is 2.59 bits per heavy atom. The van der Waals surface area contributed by atoms with Crippen molar-refractivity contribution in [3.05, 3.63) is 63.1 Å². The number of carbonyl (C=O) groups is 1. The summed E-state index contributed by atoms with van der Waals surface area (Å²) in [4.78, 5) is 32.3. The van der Waals surface area contributed by atoms with E-state index >= 15 is 0 Å². The van der Waals surface area contributed by atoms with Gasteiger partial charge in [-0.3, -0.25) is 9.59 Å². The van der Waals surface area contributed by atoms with Gasteiger partial charge in [-0.15, -0.1) is 0 Å². The lowest BCUT2D eigenvalue weighted by molar-refractivity contribution is 0.0941. The van der Waals surface area contributed by atoms with E-state index in [2.05, 4.69) is 21.5 Å². The zero-order chi connectivity index (χ0) is 21.4. The van der Waals surface area contributed by atoms with Crippen molar-refractivity contribution in [1.29, 1.82) is 0 Å². The molecule has 0 atom stereocenters. The van der Waals surface area contributed by atoms with Gasteiger partial charge < -0.3 is 15.4 Å². The van der Waals surface area contributed by atoms with E-state index in [1.807, 2.05) is 13.8 Å². The van der Waals surface area contributed by atoms with Crippen LogP contribution >= 0.6 is 11.8 Å². The molecule has 1 aromatic carbocycles. The lowest BCUT2D eigenvalue weighted by Crippen LogP contribution is -2.33. The monoisotopic (exact) mass is 421 g/mol. The van der Waals surface area contributed by atoms with Gasteiger partial charge in [-0.1, -0.05) is 32.4 Å². The number of carbonyl (C=O) groups excluding carboxylic acids is 1. The average molecular weight is 422 g/mol. The van der Waals surface area contributed by atoms with Crippen LogP contribution in [0.1, 0.15) is 60.5 Å². The fraction of sp³-hybridized carbons (Fsp3) is 0.476. The molecule has 8 heteroatoms. The number of benzene rings is 1. The number of nitrogens with one attached hydrogen (secondary N) is 2. The molecule has 0 bridgehead atoms. The number of H-pyrrole nitrogens is 1. The number of aliphatic hydroxyl groups excluding tert-OH is 1.